The van der Waals surface area contributed by atoms with Crippen molar-refractivity contribution in [1.29, 1.82) is 0 Å². The molecule has 0 aliphatic rings. The Hall–Kier alpha value is -2.04. The molecule has 0 fully saturated rings. The fraction of sp³-hybridized carbons (Fsp3) is 0.429. The van der Waals surface area contributed by atoms with Crippen LogP contribution in [0.15, 0.2) is 24.3 Å². The van der Waals surface area contributed by atoms with Gasteiger partial charge >= 0.3 is 11.9 Å². The van der Waals surface area contributed by atoms with E-state index in [4.69, 9.17) is 9.47 Å². The highest BCUT2D eigenvalue weighted by molar-refractivity contribution is 5.89. The first kappa shape index (κ1) is 15.0. The van der Waals surface area contributed by atoms with E-state index < -0.39 is 0 Å². The molecule has 0 unspecified atom stereocenters. The normalized spacial score (nSPS) is 9.79. The van der Waals surface area contributed by atoms with Gasteiger partial charge in [0, 0.05) is 6.42 Å². The number of hydrogen-bond acceptors (Lipinski definition) is 5. The maximum atomic E-state index is 11.2. The van der Waals surface area contributed by atoms with Gasteiger partial charge in [0.15, 0.2) is 0 Å². The lowest BCUT2D eigenvalue weighted by atomic mass is 10.2. The van der Waals surface area contributed by atoms with E-state index >= 15 is 0 Å². The van der Waals surface area contributed by atoms with Crippen molar-refractivity contribution in [2.45, 2.75) is 19.8 Å². The first-order valence-corrected chi connectivity index (χ1v) is 6.14. The molecule has 0 spiro atoms. The van der Waals surface area contributed by atoms with Crippen molar-refractivity contribution in [3.05, 3.63) is 29.8 Å². The van der Waals surface area contributed by atoms with Gasteiger partial charge in [-0.2, -0.15) is 0 Å². The highest BCUT2D eigenvalue weighted by Crippen LogP contribution is 2.13. The lowest BCUT2D eigenvalue weighted by Gasteiger charge is -2.06. The summed E-state index contributed by atoms with van der Waals surface area (Å²) in [6.07, 6.45) is 0.936. The van der Waals surface area contributed by atoms with Crippen molar-refractivity contribution in [2.75, 3.05) is 20.3 Å². The van der Waals surface area contributed by atoms with Gasteiger partial charge in [-0.1, -0.05) is 0 Å². The van der Waals surface area contributed by atoms with Crippen LogP contribution in [0.3, 0.4) is 0 Å². The summed E-state index contributed by atoms with van der Waals surface area (Å²) in [4.78, 5) is 22.3. The summed E-state index contributed by atoms with van der Waals surface area (Å²) >= 11 is 0. The number of esters is 2. The SMILES string of the molecule is CCOC(=O)CCCOc1ccc(C(=O)OC)cc1. The third-order valence-electron chi connectivity index (χ3n) is 2.37. The van der Waals surface area contributed by atoms with Crippen LogP contribution in [0.1, 0.15) is 30.1 Å². The predicted octanol–water partition coefficient (Wildman–Crippen LogP) is 2.20. The molecule has 5 heteroatoms. The molecule has 0 aliphatic heterocycles. The molecule has 0 saturated carbocycles. The minimum atomic E-state index is -0.381. The number of hydrogen-bond donors (Lipinski definition) is 0. The summed E-state index contributed by atoms with van der Waals surface area (Å²) in [6.45, 7) is 2.60. The molecule has 0 atom stereocenters. The zero-order chi connectivity index (χ0) is 14.1. The molecule has 0 N–H and O–H groups in total. The van der Waals surface area contributed by atoms with Crippen LogP contribution in [0.5, 0.6) is 5.75 Å². The first-order chi connectivity index (χ1) is 9.17. The van der Waals surface area contributed by atoms with Gasteiger partial charge in [0.25, 0.3) is 0 Å². The predicted molar refractivity (Wildman–Crippen MR) is 69.1 cm³/mol. The van der Waals surface area contributed by atoms with Crippen LogP contribution in [-0.2, 0) is 14.3 Å². The molecule has 0 aliphatic carbocycles. The third-order valence-corrected chi connectivity index (χ3v) is 2.37. The molecule has 5 nitrogen and oxygen atoms in total. The zero-order valence-electron chi connectivity index (χ0n) is 11.2. The standard InChI is InChI=1S/C14H18O5/c1-3-18-13(15)5-4-10-19-12-8-6-11(7-9-12)14(16)17-2/h6-9H,3-5,10H2,1-2H3. The molecule has 1 rings (SSSR count). The topological polar surface area (TPSA) is 61.8 Å². The van der Waals surface area contributed by atoms with Gasteiger partial charge in [-0.15, -0.1) is 0 Å². The van der Waals surface area contributed by atoms with Crippen LogP contribution in [0.4, 0.5) is 0 Å². The van der Waals surface area contributed by atoms with E-state index in [9.17, 15) is 9.59 Å². The molecular formula is C14H18O5. The molecule has 1 aromatic rings. The van der Waals surface area contributed by atoms with Crippen LogP contribution in [0, 0.1) is 0 Å². The second-order valence-corrected chi connectivity index (χ2v) is 3.77. The Morgan fingerprint density at radius 1 is 1.16 bits per heavy atom. The van der Waals surface area contributed by atoms with Crippen molar-refractivity contribution in [2.24, 2.45) is 0 Å². The first-order valence-electron chi connectivity index (χ1n) is 6.14. The average Bonchev–Trinajstić information content (AvgIpc) is 2.44. The average molecular weight is 266 g/mol. The second kappa shape index (κ2) is 8.13. The second-order valence-electron chi connectivity index (χ2n) is 3.77. The van der Waals surface area contributed by atoms with Crippen LogP contribution in [0.25, 0.3) is 0 Å². The fourth-order valence-electron chi connectivity index (χ4n) is 1.44. The Balaban J connectivity index is 2.30. The molecule has 19 heavy (non-hydrogen) atoms. The molecule has 1 aromatic carbocycles. The summed E-state index contributed by atoms with van der Waals surface area (Å²) in [7, 11) is 1.34. The van der Waals surface area contributed by atoms with Gasteiger partial charge in [0.05, 0.1) is 25.9 Å². The highest BCUT2D eigenvalue weighted by atomic mass is 16.5. The molecule has 0 bridgehead atoms. The molecule has 0 heterocycles. The molecule has 0 radical (unpaired) electrons. The molecule has 0 aromatic heterocycles. The van der Waals surface area contributed by atoms with Crippen molar-refractivity contribution in [1.82, 2.24) is 0 Å². The smallest absolute Gasteiger partial charge is 0.337 e. The fourth-order valence-corrected chi connectivity index (χ4v) is 1.44. The summed E-state index contributed by atoms with van der Waals surface area (Å²) in [5, 5.41) is 0. The molecular weight excluding hydrogens is 248 g/mol. The Morgan fingerprint density at radius 3 is 2.42 bits per heavy atom. The van der Waals surface area contributed by atoms with Crippen LogP contribution in [-0.4, -0.2) is 32.3 Å². The number of benzene rings is 1. The molecule has 0 saturated heterocycles. The quantitative estimate of drug-likeness (QED) is 0.559. The largest absolute Gasteiger partial charge is 0.494 e. The summed E-state index contributed by atoms with van der Waals surface area (Å²) in [5.41, 5.74) is 0.473. The summed E-state index contributed by atoms with van der Waals surface area (Å²) in [5.74, 6) is 0.0533. The van der Waals surface area contributed by atoms with E-state index in [0.717, 1.165) is 0 Å². The van der Waals surface area contributed by atoms with Gasteiger partial charge in [0.2, 0.25) is 0 Å². The summed E-state index contributed by atoms with van der Waals surface area (Å²) < 4.78 is 14.8. The van der Waals surface area contributed by atoms with Crippen molar-refractivity contribution in [3.63, 3.8) is 0 Å². The third kappa shape index (κ3) is 5.42. The lowest BCUT2D eigenvalue weighted by Crippen LogP contribution is -2.07. The Labute approximate surface area is 112 Å². The lowest BCUT2D eigenvalue weighted by molar-refractivity contribution is -0.143. The maximum absolute atomic E-state index is 11.2. The summed E-state index contributed by atoms with van der Waals surface area (Å²) in [6, 6.07) is 6.65. The monoisotopic (exact) mass is 266 g/mol. The van der Waals surface area contributed by atoms with Crippen LogP contribution >= 0.6 is 0 Å². The van der Waals surface area contributed by atoms with Gasteiger partial charge in [-0.3, -0.25) is 4.79 Å². The van der Waals surface area contributed by atoms with E-state index in [1.807, 2.05) is 0 Å². The van der Waals surface area contributed by atoms with E-state index in [1.165, 1.54) is 7.11 Å². The highest BCUT2D eigenvalue weighted by Gasteiger charge is 2.05. The Morgan fingerprint density at radius 2 is 1.84 bits per heavy atom. The van der Waals surface area contributed by atoms with Crippen LogP contribution in [0.2, 0.25) is 0 Å². The number of carbonyl (C=O) groups is 2. The van der Waals surface area contributed by atoms with Crippen molar-refractivity contribution in [3.8, 4) is 5.75 Å². The van der Waals surface area contributed by atoms with Crippen molar-refractivity contribution < 1.29 is 23.8 Å². The zero-order valence-corrected chi connectivity index (χ0v) is 11.2. The van der Waals surface area contributed by atoms with Gasteiger partial charge in [0.1, 0.15) is 5.75 Å². The van der Waals surface area contributed by atoms with Gasteiger partial charge < -0.3 is 14.2 Å². The minimum Gasteiger partial charge on any atom is -0.494 e. The van der Waals surface area contributed by atoms with E-state index in [0.29, 0.717) is 37.4 Å². The Kier molecular flexibility index (Phi) is 6.43. The van der Waals surface area contributed by atoms with E-state index in [1.54, 1.807) is 31.2 Å². The number of methoxy groups -OCH3 is 1. The number of ether oxygens (including phenoxy) is 3. The van der Waals surface area contributed by atoms with Gasteiger partial charge in [-0.25, -0.2) is 4.79 Å². The van der Waals surface area contributed by atoms with E-state index in [-0.39, 0.29) is 11.9 Å². The van der Waals surface area contributed by atoms with Crippen molar-refractivity contribution >= 4 is 11.9 Å². The maximum Gasteiger partial charge on any atom is 0.337 e. The van der Waals surface area contributed by atoms with E-state index in [2.05, 4.69) is 4.74 Å². The van der Waals surface area contributed by atoms with Crippen LogP contribution < -0.4 is 4.74 Å². The number of carbonyl (C=O) groups excluding carboxylic acids is 2. The Bertz CT molecular complexity index is 410. The molecule has 104 valence electrons. The molecule has 0 amide bonds. The number of rotatable bonds is 7. The van der Waals surface area contributed by atoms with Gasteiger partial charge in [-0.05, 0) is 37.6 Å². The minimum absolute atomic E-state index is 0.216.